The van der Waals surface area contributed by atoms with E-state index in [0.29, 0.717) is 12.0 Å². The third-order valence-electron chi connectivity index (χ3n) is 5.31. The molecule has 1 aromatic rings. The summed E-state index contributed by atoms with van der Waals surface area (Å²) in [5.74, 6) is -0.341. The Morgan fingerprint density at radius 2 is 1.57 bits per heavy atom. The summed E-state index contributed by atoms with van der Waals surface area (Å²) in [7, 11) is 0. The molecule has 158 valence electrons. The van der Waals surface area contributed by atoms with Crippen molar-refractivity contribution < 1.29 is 34.7 Å². The van der Waals surface area contributed by atoms with Crippen LogP contribution in [0.25, 0.3) is 0 Å². The first-order valence-electron chi connectivity index (χ1n) is 9.60. The van der Waals surface area contributed by atoms with E-state index in [1.165, 1.54) is 0 Å². The molecule has 6 N–H and O–H groups in total. The Morgan fingerprint density at radius 3 is 1.96 bits per heavy atom. The van der Waals surface area contributed by atoms with Gasteiger partial charge in [-0.05, 0) is 24.3 Å². The predicted octanol–water partition coefficient (Wildman–Crippen LogP) is 0.181. The van der Waals surface area contributed by atoms with Crippen LogP contribution in [-0.4, -0.2) is 64.0 Å². The molecule has 28 heavy (non-hydrogen) atoms. The van der Waals surface area contributed by atoms with Crippen LogP contribution in [0.2, 0.25) is 0 Å². The number of aliphatic hydroxyl groups excluding tert-OH is 4. The molecular weight excluding hydrogens is 366 g/mol. The molecule has 6 atom stereocenters. The van der Waals surface area contributed by atoms with E-state index in [1.807, 2.05) is 31.2 Å². The van der Waals surface area contributed by atoms with Crippen LogP contribution in [0.3, 0.4) is 0 Å². The molecule has 1 fully saturated rings. The number of nitrogens with two attached hydrogens (primary N) is 1. The van der Waals surface area contributed by atoms with Crippen molar-refractivity contribution >= 4 is 5.91 Å². The summed E-state index contributed by atoms with van der Waals surface area (Å²) in [4.78, 5) is 11.3. The predicted molar refractivity (Wildman–Crippen MR) is 101 cm³/mol. The third-order valence-corrected chi connectivity index (χ3v) is 5.31. The van der Waals surface area contributed by atoms with Crippen molar-refractivity contribution in [2.24, 2.45) is 11.7 Å². The van der Waals surface area contributed by atoms with Crippen molar-refractivity contribution in [3.8, 4) is 0 Å². The van der Waals surface area contributed by atoms with Gasteiger partial charge in [0.05, 0.1) is 13.2 Å². The Labute approximate surface area is 164 Å². The number of hydrogen-bond donors (Lipinski definition) is 5. The molecule has 1 aliphatic rings. The maximum absolute atomic E-state index is 11.3. The number of ether oxygens (including phenoxy) is 2. The Morgan fingerprint density at radius 1 is 1.07 bits per heavy atom. The number of benzene rings is 1. The van der Waals surface area contributed by atoms with Crippen molar-refractivity contribution in [3.05, 3.63) is 35.4 Å². The molecule has 8 heteroatoms. The first kappa shape index (κ1) is 22.7. The largest absolute Gasteiger partial charge is 0.394 e. The summed E-state index contributed by atoms with van der Waals surface area (Å²) < 4.78 is 11.4. The number of carbonyl (C=O) groups is 1. The van der Waals surface area contributed by atoms with Crippen molar-refractivity contribution in [2.45, 2.75) is 63.3 Å². The van der Waals surface area contributed by atoms with E-state index in [-0.39, 0.29) is 17.7 Å². The second-order valence-electron chi connectivity index (χ2n) is 7.34. The fraction of sp³-hybridized carbons (Fsp3) is 0.650. The molecule has 0 aromatic heterocycles. The molecule has 1 saturated heterocycles. The third kappa shape index (κ3) is 5.28. The normalized spacial score (nSPS) is 26.6. The number of amides is 1. The average Bonchev–Trinajstić information content (AvgIpc) is 3.16. The summed E-state index contributed by atoms with van der Waals surface area (Å²) in [6.45, 7) is 2.77. The molecule has 0 spiro atoms. The molecule has 8 nitrogen and oxygen atoms in total. The molecule has 2 rings (SSSR count). The lowest BCUT2D eigenvalue weighted by atomic mass is 9.87. The van der Waals surface area contributed by atoms with E-state index < -0.39 is 43.9 Å². The van der Waals surface area contributed by atoms with Crippen LogP contribution in [0, 0.1) is 5.92 Å². The van der Waals surface area contributed by atoms with E-state index in [0.717, 1.165) is 12.0 Å². The van der Waals surface area contributed by atoms with Gasteiger partial charge in [0.1, 0.15) is 24.4 Å². The zero-order valence-corrected chi connectivity index (χ0v) is 16.3. The first-order valence-corrected chi connectivity index (χ1v) is 9.60. The minimum absolute atomic E-state index is 0.190. The van der Waals surface area contributed by atoms with E-state index in [9.17, 15) is 25.2 Å². The fourth-order valence-corrected chi connectivity index (χ4v) is 3.46. The zero-order valence-electron chi connectivity index (χ0n) is 16.3. The zero-order chi connectivity index (χ0) is 20.8. The minimum Gasteiger partial charge on any atom is -0.394 e. The molecule has 0 saturated carbocycles. The topological polar surface area (TPSA) is 142 Å². The van der Waals surface area contributed by atoms with Crippen LogP contribution in [0.15, 0.2) is 24.3 Å². The van der Waals surface area contributed by atoms with Gasteiger partial charge in [0.2, 0.25) is 5.91 Å². The molecule has 1 heterocycles. The van der Waals surface area contributed by atoms with Crippen molar-refractivity contribution in [2.75, 3.05) is 13.2 Å². The van der Waals surface area contributed by atoms with Gasteiger partial charge in [0, 0.05) is 11.5 Å². The molecule has 6 unspecified atom stereocenters. The summed E-state index contributed by atoms with van der Waals surface area (Å²) in [6, 6.07) is 7.51. The fourth-order valence-electron chi connectivity index (χ4n) is 3.46. The molecule has 1 aliphatic heterocycles. The maximum Gasteiger partial charge on any atom is 0.220 e. The number of hydrogen-bond acceptors (Lipinski definition) is 7. The van der Waals surface area contributed by atoms with E-state index >= 15 is 0 Å². The summed E-state index contributed by atoms with van der Waals surface area (Å²) in [6.07, 6.45) is -3.71. The highest BCUT2D eigenvalue weighted by Crippen LogP contribution is 2.35. The van der Waals surface area contributed by atoms with Crippen molar-refractivity contribution in [1.29, 1.82) is 0 Å². The highest BCUT2D eigenvalue weighted by molar-refractivity contribution is 5.76. The van der Waals surface area contributed by atoms with Gasteiger partial charge in [-0.3, -0.25) is 4.79 Å². The quantitative estimate of drug-likeness (QED) is 0.379. The smallest absolute Gasteiger partial charge is 0.220 e. The van der Waals surface area contributed by atoms with Gasteiger partial charge >= 0.3 is 0 Å². The van der Waals surface area contributed by atoms with Gasteiger partial charge in [-0.1, -0.05) is 38.1 Å². The Kier molecular flexibility index (Phi) is 8.36. The molecule has 0 aliphatic carbocycles. The lowest BCUT2D eigenvalue weighted by molar-refractivity contribution is -0.121. The van der Waals surface area contributed by atoms with Crippen molar-refractivity contribution in [3.63, 3.8) is 0 Å². The van der Waals surface area contributed by atoms with Gasteiger partial charge in [-0.15, -0.1) is 0 Å². The van der Waals surface area contributed by atoms with E-state index in [4.69, 9.17) is 15.2 Å². The molecule has 1 aromatic carbocycles. The Bertz CT molecular complexity index is 605. The number of primary amides is 1. The lowest BCUT2D eigenvalue weighted by Crippen LogP contribution is -2.45. The van der Waals surface area contributed by atoms with Crippen LogP contribution < -0.4 is 5.73 Å². The second kappa shape index (κ2) is 10.3. The van der Waals surface area contributed by atoms with Crippen LogP contribution in [0.5, 0.6) is 0 Å². The second-order valence-corrected chi connectivity index (χ2v) is 7.34. The van der Waals surface area contributed by atoms with Gasteiger partial charge in [-0.25, -0.2) is 0 Å². The van der Waals surface area contributed by atoms with Gasteiger partial charge in [0.15, 0.2) is 6.29 Å². The molecule has 1 amide bonds. The highest BCUT2D eigenvalue weighted by Gasteiger charge is 2.44. The van der Waals surface area contributed by atoms with Crippen LogP contribution >= 0.6 is 0 Å². The molecular formula is C20H31NO7. The first-order chi connectivity index (χ1) is 13.3. The standard InChI is InChI=1S/C20H31NO7/c1-3-12(8-11(2)19(21)26)13-4-6-14(7-5-13)20-27-17(15(24)9-22)18(28-20)16(25)10-23/h4-7,11-12,15-18,20,22-25H,3,8-10H2,1-2H3,(H2,21,26). The van der Waals surface area contributed by atoms with Crippen LogP contribution in [0.4, 0.5) is 0 Å². The van der Waals surface area contributed by atoms with Crippen LogP contribution in [0.1, 0.15) is 50.0 Å². The monoisotopic (exact) mass is 397 g/mol. The van der Waals surface area contributed by atoms with Gasteiger partial charge in [0.25, 0.3) is 0 Å². The Hall–Kier alpha value is -1.55. The summed E-state index contributed by atoms with van der Waals surface area (Å²) in [5, 5.41) is 38.3. The number of rotatable bonds is 10. The van der Waals surface area contributed by atoms with Gasteiger partial charge in [-0.2, -0.15) is 0 Å². The summed E-state index contributed by atoms with van der Waals surface area (Å²) in [5.41, 5.74) is 7.12. The average molecular weight is 397 g/mol. The van der Waals surface area contributed by atoms with Gasteiger partial charge < -0.3 is 35.6 Å². The summed E-state index contributed by atoms with van der Waals surface area (Å²) >= 11 is 0. The molecule has 0 bridgehead atoms. The minimum atomic E-state index is -1.24. The van der Waals surface area contributed by atoms with Crippen LogP contribution in [-0.2, 0) is 14.3 Å². The Balaban J connectivity index is 2.12. The molecule has 0 radical (unpaired) electrons. The highest BCUT2D eigenvalue weighted by atomic mass is 16.7. The van der Waals surface area contributed by atoms with E-state index in [1.54, 1.807) is 0 Å². The van der Waals surface area contributed by atoms with E-state index in [2.05, 4.69) is 6.92 Å². The maximum atomic E-state index is 11.3. The van der Waals surface area contributed by atoms with Crippen molar-refractivity contribution in [1.82, 2.24) is 0 Å². The number of aliphatic hydroxyl groups is 4. The lowest BCUT2D eigenvalue weighted by Gasteiger charge is -2.23. The number of carbonyl (C=O) groups excluding carboxylic acids is 1. The SMILES string of the molecule is CCC(CC(C)C(N)=O)c1ccc(C2OC(C(O)CO)C(C(O)CO)O2)cc1.